The second-order valence-corrected chi connectivity index (χ2v) is 6.39. The summed E-state index contributed by atoms with van der Waals surface area (Å²) in [5, 5.41) is 3.35. The molecule has 1 saturated heterocycles. The summed E-state index contributed by atoms with van der Waals surface area (Å²) in [4.78, 5) is 30.7. The van der Waals surface area contributed by atoms with Gasteiger partial charge < -0.3 is 10.6 Å². The number of hydrogen-bond donors (Lipinski definition) is 2. The normalized spacial score (nSPS) is 16.6. The Kier molecular flexibility index (Phi) is 7.05. The highest BCUT2D eigenvalue weighted by Crippen LogP contribution is 2.21. The average molecular weight is 390 g/mol. The van der Waals surface area contributed by atoms with Crippen LogP contribution in [-0.2, 0) is 18.3 Å². The number of likely N-dealkylation sites (tertiary alicyclic amines) is 1. The third kappa shape index (κ3) is 3.99. The lowest BCUT2D eigenvalue weighted by Crippen LogP contribution is -2.32. The van der Waals surface area contributed by atoms with Crippen molar-refractivity contribution >= 4 is 41.8 Å². The summed E-state index contributed by atoms with van der Waals surface area (Å²) >= 11 is 0. The minimum Gasteiger partial charge on any atom is -0.341 e. The summed E-state index contributed by atoms with van der Waals surface area (Å²) in [6.45, 7) is 5.24. The van der Waals surface area contributed by atoms with E-state index in [2.05, 4.69) is 10.1 Å². The Hall–Kier alpha value is -1.57. The second kappa shape index (κ2) is 8.21. The van der Waals surface area contributed by atoms with Gasteiger partial charge in [-0.2, -0.15) is 0 Å². The zero-order chi connectivity index (χ0) is 16.7. The van der Waals surface area contributed by atoms with Crippen molar-refractivity contribution in [2.24, 2.45) is 12.8 Å². The fourth-order valence-corrected chi connectivity index (χ4v) is 3.42. The maximum atomic E-state index is 12.3. The first-order valence-corrected chi connectivity index (χ1v) is 7.96. The van der Waals surface area contributed by atoms with Crippen LogP contribution < -0.4 is 11.3 Å². The van der Waals surface area contributed by atoms with Gasteiger partial charge >= 0.3 is 0 Å². The summed E-state index contributed by atoms with van der Waals surface area (Å²) in [5.41, 5.74) is 9.16. The van der Waals surface area contributed by atoms with Crippen LogP contribution in [-0.4, -0.2) is 44.7 Å². The first kappa shape index (κ1) is 21.5. The molecule has 0 spiro atoms. The standard InChI is InChI=1S/C16H23N5O2.2ClH/c1-9-12(4-5-13(22)21-7-6-11(17)8-21)10(2)18-15-14(9)16(23)19-20(15)3;;/h11H,4-8,17H2,1-3H3,(H,19,23);2*1H/t11-;;/m1../s1. The molecule has 0 saturated carbocycles. The number of nitrogens with one attached hydrogen (secondary N) is 1. The lowest BCUT2D eigenvalue weighted by atomic mass is 10.00. The van der Waals surface area contributed by atoms with Gasteiger partial charge in [0.05, 0.1) is 5.39 Å². The quantitative estimate of drug-likeness (QED) is 0.824. The molecular formula is C16H25Cl2N5O2. The Labute approximate surface area is 158 Å². The first-order valence-electron chi connectivity index (χ1n) is 7.96. The van der Waals surface area contributed by atoms with Gasteiger partial charge in [-0.05, 0) is 37.8 Å². The topological polar surface area (TPSA) is 97.0 Å². The fraction of sp³-hybridized carbons (Fsp3) is 0.562. The zero-order valence-corrected chi connectivity index (χ0v) is 16.3. The summed E-state index contributed by atoms with van der Waals surface area (Å²) in [5.74, 6) is 0.124. The molecule has 1 aliphatic heterocycles. The molecule has 1 fully saturated rings. The Morgan fingerprint density at radius 2 is 2.04 bits per heavy atom. The summed E-state index contributed by atoms with van der Waals surface area (Å²) < 4.78 is 1.64. The summed E-state index contributed by atoms with van der Waals surface area (Å²) in [7, 11) is 1.77. The van der Waals surface area contributed by atoms with Crippen molar-refractivity contribution in [3.05, 3.63) is 27.2 Å². The van der Waals surface area contributed by atoms with Crippen LogP contribution in [0.2, 0.25) is 0 Å². The van der Waals surface area contributed by atoms with Crippen LogP contribution in [0, 0.1) is 13.8 Å². The smallest absolute Gasteiger partial charge is 0.273 e. The van der Waals surface area contributed by atoms with E-state index in [1.54, 1.807) is 11.7 Å². The van der Waals surface area contributed by atoms with Crippen molar-refractivity contribution in [1.29, 1.82) is 0 Å². The predicted octanol–water partition coefficient (Wildman–Crippen LogP) is 1.21. The molecule has 2 aromatic rings. The Morgan fingerprint density at radius 1 is 1.36 bits per heavy atom. The molecule has 0 unspecified atom stereocenters. The minimum atomic E-state index is -0.134. The van der Waals surface area contributed by atoms with Crippen molar-refractivity contribution in [3.8, 4) is 0 Å². The lowest BCUT2D eigenvalue weighted by Gasteiger charge is -2.16. The molecule has 25 heavy (non-hydrogen) atoms. The lowest BCUT2D eigenvalue weighted by molar-refractivity contribution is -0.130. The van der Waals surface area contributed by atoms with E-state index in [-0.39, 0.29) is 42.3 Å². The minimum absolute atomic E-state index is 0. The number of carbonyl (C=O) groups excluding carboxylic acids is 1. The predicted molar refractivity (Wildman–Crippen MR) is 103 cm³/mol. The van der Waals surface area contributed by atoms with Gasteiger partial charge in [0, 0.05) is 38.3 Å². The van der Waals surface area contributed by atoms with E-state index < -0.39 is 0 Å². The maximum Gasteiger partial charge on any atom is 0.273 e. The zero-order valence-electron chi connectivity index (χ0n) is 14.7. The number of nitrogens with zero attached hydrogens (tertiary/aromatic N) is 3. The van der Waals surface area contributed by atoms with E-state index in [9.17, 15) is 9.59 Å². The number of fused-ring (bicyclic) bond motifs is 1. The molecule has 3 heterocycles. The van der Waals surface area contributed by atoms with Crippen molar-refractivity contribution in [1.82, 2.24) is 19.7 Å². The van der Waals surface area contributed by atoms with E-state index >= 15 is 0 Å². The Bertz CT molecular complexity index is 830. The maximum absolute atomic E-state index is 12.3. The number of pyridine rings is 1. The number of carbonyl (C=O) groups is 1. The molecule has 3 N–H and O–H groups in total. The molecule has 0 aromatic carbocycles. The highest BCUT2D eigenvalue weighted by Gasteiger charge is 2.24. The highest BCUT2D eigenvalue weighted by atomic mass is 35.5. The number of H-pyrrole nitrogens is 1. The van der Waals surface area contributed by atoms with E-state index in [1.807, 2.05) is 18.7 Å². The number of aryl methyl sites for hydroxylation is 3. The van der Waals surface area contributed by atoms with Gasteiger partial charge in [0.1, 0.15) is 0 Å². The van der Waals surface area contributed by atoms with E-state index in [1.165, 1.54) is 0 Å². The van der Waals surface area contributed by atoms with E-state index in [0.717, 1.165) is 29.8 Å². The Morgan fingerprint density at radius 3 is 2.64 bits per heavy atom. The van der Waals surface area contributed by atoms with Crippen LogP contribution in [0.3, 0.4) is 0 Å². The largest absolute Gasteiger partial charge is 0.341 e. The fourth-order valence-electron chi connectivity index (χ4n) is 3.42. The van der Waals surface area contributed by atoms with Gasteiger partial charge in [0.15, 0.2) is 5.65 Å². The molecule has 1 atom stereocenters. The SMILES string of the molecule is Cc1nc2c(c(C)c1CCC(=O)N1CC[C@@H](N)C1)c(=O)[nH]n2C.Cl.Cl. The molecule has 140 valence electrons. The average Bonchev–Trinajstić information content (AvgIpc) is 3.03. The number of aromatic nitrogens is 3. The van der Waals surface area contributed by atoms with Crippen LogP contribution in [0.15, 0.2) is 4.79 Å². The van der Waals surface area contributed by atoms with E-state index in [4.69, 9.17) is 5.73 Å². The van der Waals surface area contributed by atoms with E-state index in [0.29, 0.717) is 30.4 Å². The molecule has 7 nitrogen and oxygen atoms in total. The van der Waals surface area contributed by atoms with Gasteiger partial charge in [0.25, 0.3) is 5.56 Å². The molecule has 2 aromatic heterocycles. The van der Waals surface area contributed by atoms with Crippen LogP contribution in [0.25, 0.3) is 11.0 Å². The van der Waals surface area contributed by atoms with Crippen LogP contribution >= 0.6 is 24.8 Å². The number of aromatic amines is 1. The number of rotatable bonds is 3. The van der Waals surface area contributed by atoms with Crippen molar-refractivity contribution in [3.63, 3.8) is 0 Å². The van der Waals surface area contributed by atoms with Crippen molar-refractivity contribution < 1.29 is 4.79 Å². The number of hydrogen-bond acceptors (Lipinski definition) is 4. The molecule has 9 heteroatoms. The second-order valence-electron chi connectivity index (χ2n) is 6.39. The summed E-state index contributed by atoms with van der Waals surface area (Å²) in [6, 6.07) is 0.100. The molecule has 1 amide bonds. The molecule has 0 radical (unpaired) electrons. The molecule has 0 bridgehead atoms. The van der Waals surface area contributed by atoms with Gasteiger partial charge in [-0.15, -0.1) is 24.8 Å². The monoisotopic (exact) mass is 389 g/mol. The summed E-state index contributed by atoms with van der Waals surface area (Å²) in [6.07, 6.45) is 1.89. The van der Waals surface area contributed by atoms with Gasteiger partial charge in [-0.3, -0.25) is 19.4 Å². The molecule has 3 rings (SSSR count). The molecule has 1 aliphatic rings. The van der Waals surface area contributed by atoms with Gasteiger partial charge in [-0.25, -0.2) is 4.98 Å². The van der Waals surface area contributed by atoms with Gasteiger partial charge in [0.2, 0.25) is 5.91 Å². The van der Waals surface area contributed by atoms with Crippen molar-refractivity contribution in [2.75, 3.05) is 13.1 Å². The number of amides is 1. The van der Waals surface area contributed by atoms with Crippen LogP contribution in [0.5, 0.6) is 0 Å². The molecular weight excluding hydrogens is 365 g/mol. The number of nitrogens with two attached hydrogens (primary N) is 1. The van der Waals surface area contributed by atoms with Crippen LogP contribution in [0.1, 0.15) is 29.7 Å². The molecule has 0 aliphatic carbocycles. The highest BCUT2D eigenvalue weighted by molar-refractivity contribution is 5.85. The van der Waals surface area contributed by atoms with Crippen LogP contribution in [0.4, 0.5) is 0 Å². The van der Waals surface area contributed by atoms with Gasteiger partial charge in [-0.1, -0.05) is 0 Å². The Balaban J connectivity index is 0.00000156. The number of halogens is 2. The first-order chi connectivity index (χ1) is 10.9. The van der Waals surface area contributed by atoms with Crippen molar-refractivity contribution in [2.45, 2.75) is 39.2 Å². The third-order valence-corrected chi connectivity index (χ3v) is 4.74. The third-order valence-electron chi connectivity index (χ3n) is 4.74.